The van der Waals surface area contributed by atoms with Gasteiger partial charge in [-0.3, -0.25) is 29.4 Å². The molecule has 1 saturated heterocycles. The van der Waals surface area contributed by atoms with Crippen LogP contribution < -0.4 is 5.32 Å². The van der Waals surface area contributed by atoms with E-state index in [1.54, 1.807) is 18.2 Å². The normalized spacial score (nSPS) is 22.1. The average Bonchev–Trinajstić information content (AvgIpc) is 2.63. The molecule has 6 nitrogen and oxygen atoms in total. The first kappa shape index (κ1) is 12.5. The highest BCUT2D eigenvalue weighted by Gasteiger charge is 2.44. The molecule has 0 radical (unpaired) electrons. The fraction of sp³-hybridized carbons (Fsp3) is 0.286. The first-order valence-corrected chi connectivity index (χ1v) is 6.31. The number of nitrogens with zero attached hydrogens (tertiary/aromatic N) is 1. The lowest BCUT2D eigenvalue weighted by Gasteiger charge is -2.27. The third kappa shape index (κ3) is 1.72. The maximum Gasteiger partial charge on any atom is 0.262 e. The number of hydrogen-bond acceptors (Lipinski definition) is 4. The summed E-state index contributed by atoms with van der Waals surface area (Å²) in [6.45, 7) is 1.83. The predicted octanol–water partition coefficient (Wildman–Crippen LogP) is 0.396. The van der Waals surface area contributed by atoms with Crippen LogP contribution in [0.5, 0.6) is 0 Å². The number of benzene rings is 1. The van der Waals surface area contributed by atoms with Crippen molar-refractivity contribution in [1.82, 2.24) is 10.2 Å². The van der Waals surface area contributed by atoms with Crippen molar-refractivity contribution in [1.29, 1.82) is 0 Å². The summed E-state index contributed by atoms with van der Waals surface area (Å²) in [5.41, 5.74) is 1.50. The third-order valence-electron chi connectivity index (χ3n) is 3.60. The summed E-state index contributed by atoms with van der Waals surface area (Å²) in [6, 6.07) is 4.08. The van der Waals surface area contributed by atoms with Gasteiger partial charge in [0.25, 0.3) is 11.8 Å². The molecule has 1 atom stereocenters. The molecule has 0 aliphatic carbocycles. The van der Waals surface area contributed by atoms with Crippen LogP contribution in [0.3, 0.4) is 0 Å². The molecule has 0 unspecified atom stereocenters. The van der Waals surface area contributed by atoms with Gasteiger partial charge in [-0.1, -0.05) is 11.6 Å². The molecule has 0 aromatic heterocycles. The van der Waals surface area contributed by atoms with Crippen molar-refractivity contribution in [2.24, 2.45) is 0 Å². The maximum absolute atomic E-state index is 12.3. The summed E-state index contributed by atoms with van der Waals surface area (Å²) in [5, 5.41) is 2.16. The second-order valence-electron chi connectivity index (χ2n) is 5.00. The molecule has 1 aromatic carbocycles. The van der Waals surface area contributed by atoms with Gasteiger partial charge < -0.3 is 0 Å². The number of nitrogens with one attached hydrogen (secondary N) is 1. The van der Waals surface area contributed by atoms with Gasteiger partial charge in [-0.05, 0) is 25.5 Å². The molecular formula is C14H12N2O4. The Morgan fingerprint density at radius 3 is 2.50 bits per heavy atom. The van der Waals surface area contributed by atoms with E-state index in [-0.39, 0.29) is 18.7 Å². The minimum Gasteiger partial charge on any atom is -0.295 e. The van der Waals surface area contributed by atoms with Crippen molar-refractivity contribution in [3.8, 4) is 0 Å². The molecular weight excluding hydrogens is 260 g/mol. The summed E-state index contributed by atoms with van der Waals surface area (Å²) < 4.78 is 0. The van der Waals surface area contributed by atoms with E-state index in [0.29, 0.717) is 11.1 Å². The van der Waals surface area contributed by atoms with Crippen LogP contribution in [0.2, 0.25) is 0 Å². The smallest absolute Gasteiger partial charge is 0.262 e. The molecule has 2 aliphatic heterocycles. The topological polar surface area (TPSA) is 83.6 Å². The second-order valence-corrected chi connectivity index (χ2v) is 5.00. The summed E-state index contributed by atoms with van der Waals surface area (Å²) in [7, 11) is 0. The highest BCUT2D eigenvalue weighted by molar-refractivity contribution is 6.23. The number of carbonyl (C=O) groups excluding carboxylic acids is 4. The first-order valence-electron chi connectivity index (χ1n) is 6.31. The molecule has 3 rings (SSSR count). The van der Waals surface area contributed by atoms with E-state index in [4.69, 9.17) is 0 Å². The van der Waals surface area contributed by atoms with Crippen LogP contribution >= 0.6 is 0 Å². The molecule has 1 fully saturated rings. The fourth-order valence-electron chi connectivity index (χ4n) is 2.58. The van der Waals surface area contributed by atoms with Crippen LogP contribution in [0.4, 0.5) is 0 Å². The van der Waals surface area contributed by atoms with Crippen molar-refractivity contribution >= 4 is 23.6 Å². The Kier molecular flexibility index (Phi) is 2.67. The molecule has 20 heavy (non-hydrogen) atoms. The van der Waals surface area contributed by atoms with Crippen molar-refractivity contribution in [2.45, 2.75) is 25.8 Å². The van der Waals surface area contributed by atoms with Gasteiger partial charge in [-0.15, -0.1) is 0 Å². The van der Waals surface area contributed by atoms with Crippen molar-refractivity contribution in [3.63, 3.8) is 0 Å². The van der Waals surface area contributed by atoms with Gasteiger partial charge >= 0.3 is 0 Å². The van der Waals surface area contributed by atoms with E-state index in [1.807, 2.05) is 6.92 Å². The van der Waals surface area contributed by atoms with E-state index in [0.717, 1.165) is 10.5 Å². The Balaban J connectivity index is 1.97. The Morgan fingerprint density at radius 1 is 1.10 bits per heavy atom. The summed E-state index contributed by atoms with van der Waals surface area (Å²) in [4.78, 5) is 48.5. The van der Waals surface area contributed by atoms with E-state index in [9.17, 15) is 19.2 Å². The first-order chi connectivity index (χ1) is 9.49. The van der Waals surface area contributed by atoms with Gasteiger partial charge in [-0.25, -0.2) is 0 Å². The maximum atomic E-state index is 12.3. The molecule has 1 N–H and O–H groups in total. The van der Waals surface area contributed by atoms with E-state index < -0.39 is 23.8 Å². The number of carbonyl (C=O) groups is 4. The van der Waals surface area contributed by atoms with E-state index in [1.165, 1.54) is 0 Å². The minimum atomic E-state index is -0.902. The molecule has 0 bridgehead atoms. The number of amides is 4. The second kappa shape index (κ2) is 4.26. The minimum absolute atomic E-state index is 0.128. The fourth-order valence-corrected chi connectivity index (χ4v) is 2.58. The van der Waals surface area contributed by atoms with Crippen LogP contribution in [0.1, 0.15) is 39.1 Å². The number of fused-ring (bicyclic) bond motifs is 1. The zero-order valence-corrected chi connectivity index (χ0v) is 10.8. The molecule has 102 valence electrons. The Bertz CT molecular complexity index is 665. The molecule has 2 aliphatic rings. The summed E-state index contributed by atoms with van der Waals surface area (Å²) in [5.74, 6) is -1.91. The Hall–Kier alpha value is -2.50. The monoisotopic (exact) mass is 272 g/mol. The molecule has 6 heteroatoms. The largest absolute Gasteiger partial charge is 0.295 e. The zero-order chi connectivity index (χ0) is 14.4. The lowest BCUT2D eigenvalue weighted by atomic mass is 10.0. The van der Waals surface area contributed by atoms with Crippen molar-refractivity contribution < 1.29 is 19.2 Å². The summed E-state index contributed by atoms with van der Waals surface area (Å²) in [6.07, 6.45) is 0.304. The van der Waals surface area contributed by atoms with Crippen LogP contribution in [0.25, 0.3) is 0 Å². The highest BCUT2D eigenvalue weighted by atomic mass is 16.2. The van der Waals surface area contributed by atoms with E-state index in [2.05, 4.69) is 5.32 Å². The van der Waals surface area contributed by atoms with Crippen LogP contribution in [-0.4, -0.2) is 34.6 Å². The molecule has 0 spiro atoms. The van der Waals surface area contributed by atoms with Gasteiger partial charge in [0.05, 0.1) is 11.1 Å². The van der Waals surface area contributed by atoms with Gasteiger partial charge in [0, 0.05) is 6.42 Å². The van der Waals surface area contributed by atoms with Crippen molar-refractivity contribution in [3.05, 3.63) is 34.9 Å². The van der Waals surface area contributed by atoms with Gasteiger partial charge in [0.2, 0.25) is 11.8 Å². The van der Waals surface area contributed by atoms with Gasteiger partial charge in [0.15, 0.2) is 0 Å². The summed E-state index contributed by atoms with van der Waals surface area (Å²) >= 11 is 0. The lowest BCUT2D eigenvalue weighted by molar-refractivity contribution is -0.136. The highest BCUT2D eigenvalue weighted by Crippen LogP contribution is 2.27. The van der Waals surface area contributed by atoms with Crippen LogP contribution in [0.15, 0.2) is 18.2 Å². The number of rotatable bonds is 1. The Morgan fingerprint density at radius 2 is 1.80 bits per heavy atom. The van der Waals surface area contributed by atoms with Gasteiger partial charge in [-0.2, -0.15) is 0 Å². The zero-order valence-electron chi connectivity index (χ0n) is 10.8. The number of aryl methyl sites for hydroxylation is 1. The SMILES string of the molecule is Cc1ccc2c(c1)C(=O)N([C@@H]1CCC(=O)NC1=O)C2=O. The van der Waals surface area contributed by atoms with Gasteiger partial charge in [0.1, 0.15) is 6.04 Å². The molecule has 2 heterocycles. The van der Waals surface area contributed by atoms with Crippen LogP contribution in [-0.2, 0) is 9.59 Å². The average molecular weight is 272 g/mol. The molecule has 1 aromatic rings. The number of hydrogen-bond donors (Lipinski definition) is 1. The molecule has 0 saturated carbocycles. The lowest BCUT2D eigenvalue weighted by Crippen LogP contribution is -2.54. The quantitative estimate of drug-likeness (QED) is 0.750. The Labute approximate surface area is 114 Å². The number of imide groups is 2. The number of piperidine rings is 1. The van der Waals surface area contributed by atoms with E-state index >= 15 is 0 Å². The molecule has 4 amide bonds. The van der Waals surface area contributed by atoms with Crippen LogP contribution in [0, 0.1) is 6.92 Å². The third-order valence-corrected chi connectivity index (χ3v) is 3.60. The van der Waals surface area contributed by atoms with Crippen molar-refractivity contribution in [2.75, 3.05) is 0 Å². The predicted molar refractivity (Wildman–Crippen MR) is 67.9 cm³/mol. The standard InChI is InChI=1S/C14H12N2O4/c1-7-2-3-8-9(6-7)14(20)16(13(8)19)10-4-5-11(17)15-12(10)18/h2-3,6,10H,4-5H2,1H3,(H,15,17,18)/t10-/m1/s1.